The highest BCUT2D eigenvalue weighted by Gasteiger charge is 2.20. The van der Waals surface area contributed by atoms with Gasteiger partial charge in [-0.25, -0.2) is 21.6 Å². The van der Waals surface area contributed by atoms with Crippen LogP contribution in [0.15, 0.2) is 53.4 Å². The van der Waals surface area contributed by atoms with E-state index in [1.165, 1.54) is 23.5 Å². The third kappa shape index (κ3) is 4.96. The van der Waals surface area contributed by atoms with Crippen LogP contribution in [0.4, 0.5) is 5.69 Å². The Kier molecular flexibility index (Phi) is 6.27. The summed E-state index contributed by atoms with van der Waals surface area (Å²) in [4.78, 5) is 0.0834. The fourth-order valence-electron chi connectivity index (χ4n) is 2.43. The number of benzene rings is 2. The molecule has 7 nitrogen and oxygen atoms in total. The van der Waals surface area contributed by atoms with Crippen LogP contribution in [0.5, 0.6) is 5.75 Å². The van der Waals surface area contributed by atoms with E-state index >= 15 is 0 Å². The number of aryl methyl sites for hydroxylation is 1. The third-order valence-corrected chi connectivity index (χ3v) is 6.42. The smallest absolute Gasteiger partial charge is 0.240 e. The Balaban J connectivity index is 2.13. The number of sulfonamides is 2. The summed E-state index contributed by atoms with van der Waals surface area (Å²) in [6, 6.07) is 13.0. The van der Waals surface area contributed by atoms with Crippen LogP contribution in [0.25, 0.3) is 0 Å². The van der Waals surface area contributed by atoms with Gasteiger partial charge in [0, 0.05) is 13.1 Å². The number of anilines is 1. The molecule has 0 aliphatic heterocycles. The van der Waals surface area contributed by atoms with Gasteiger partial charge in [-0.1, -0.05) is 18.2 Å². The highest BCUT2D eigenvalue weighted by molar-refractivity contribution is 7.92. The summed E-state index contributed by atoms with van der Waals surface area (Å²) < 4.78 is 57.5. The molecule has 2 rings (SSSR count). The average Bonchev–Trinajstić information content (AvgIpc) is 2.59. The Hall–Kier alpha value is -2.10. The van der Waals surface area contributed by atoms with Crippen LogP contribution < -0.4 is 13.8 Å². The van der Waals surface area contributed by atoms with E-state index in [-0.39, 0.29) is 18.0 Å². The fourth-order valence-corrected chi connectivity index (χ4v) is 4.43. The summed E-state index contributed by atoms with van der Waals surface area (Å²) in [5, 5.41) is 0. The van der Waals surface area contributed by atoms with E-state index in [1.54, 1.807) is 37.3 Å². The molecule has 0 fully saturated rings. The summed E-state index contributed by atoms with van der Waals surface area (Å²) in [6.45, 7) is 1.73. The van der Waals surface area contributed by atoms with Crippen LogP contribution in [0.1, 0.15) is 5.56 Å². The molecular formula is C17H22N2O5S2. The van der Waals surface area contributed by atoms with Gasteiger partial charge in [-0.15, -0.1) is 0 Å². The number of methoxy groups -OCH3 is 1. The van der Waals surface area contributed by atoms with Crippen LogP contribution >= 0.6 is 0 Å². The minimum atomic E-state index is -3.75. The van der Waals surface area contributed by atoms with E-state index < -0.39 is 20.0 Å². The second kappa shape index (κ2) is 8.07. The molecule has 0 unspecified atom stereocenters. The van der Waals surface area contributed by atoms with E-state index in [2.05, 4.69) is 4.72 Å². The van der Waals surface area contributed by atoms with Gasteiger partial charge in [0.2, 0.25) is 20.0 Å². The highest BCUT2D eigenvalue weighted by Crippen LogP contribution is 2.21. The Morgan fingerprint density at radius 1 is 1.00 bits per heavy atom. The zero-order valence-electron chi connectivity index (χ0n) is 14.8. The number of para-hydroxylation sites is 1. The molecule has 0 saturated carbocycles. The van der Waals surface area contributed by atoms with Crippen molar-refractivity contribution in [2.75, 3.05) is 30.8 Å². The standard InChI is InChI=1S/C17H22N2O5S2/c1-14-6-4-5-7-17(14)19(25(3,20)21)13-12-18-26(22,23)16-10-8-15(24-2)9-11-16/h4-11,18H,12-13H2,1-3H3. The lowest BCUT2D eigenvalue weighted by molar-refractivity contribution is 0.414. The van der Waals surface area contributed by atoms with Crippen LogP contribution in [-0.4, -0.2) is 43.3 Å². The van der Waals surface area contributed by atoms with Gasteiger partial charge in [-0.05, 0) is 42.8 Å². The maximum Gasteiger partial charge on any atom is 0.240 e. The number of hydrogen-bond donors (Lipinski definition) is 1. The van der Waals surface area contributed by atoms with E-state index in [0.29, 0.717) is 11.4 Å². The minimum Gasteiger partial charge on any atom is -0.497 e. The molecule has 0 saturated heterocycles. The lowest BCUT2D eigenvalue weighted by Crippen LogP contribution is -2.38. The number of nitrogens with zero attached hydrogens (tertiary/aromatic N) is 1. The van der Waals surface area contributed by atoms with E-state index in [1.807, 2.05) is 6.07 Å². The molecule has 0 atom stereocenters. The minimum absolute atomic E-state index is 0.0148. The van der Waals surface area contributed by atoms with Gasteiger partial charge in [0.1, 0.15) is 5.75 Å². The Morgan fingerprint density at radius 3 is 2.15 bits per heavy atom. The van der Waals surface area contributed by atoms with Crippen molar-refractivity contribution in [2.24, 2.45) is 0 Å². The molecule has 0 amide bonds. The molecule has 0 spiro atoms. The monoisotopic (exact) mass is 398 g/mol. The molecule has 142 valence electrons. The van der Waals surface area contributed by atoms with Gasteiger partial charge in [0.25, 0.3) is 0 Å². The Morgan fingerprint density at radius 2 is 1.62 bits per heavy atom. The van der Waals surface area contributed by atoms with E-state index in [9.17, 15) is 16.8 Å². The summed E-state index contributed by atoms with van der Waals surface area (Å²) in [7, 11) is -5.80. The van der Waals surface area contributed by atoms with Gasteiger partial charge in [-0.2, -0.15) is 0 Å². The molecule has 0 aliphatic carbocycles. The van der Waals surface area contributed by atoms with Crippen molar-refractivity contribution in [1.29, 1.82) is 0 Å². The van der Waals surface area contributed by atoms with Gasteiger partial charge in [0.05, 0.1) is 23.9 Å². The fraction of sp³-hybridized carbons (Fsp3) is 0.294. The van der Waals surface area contributed by atoms with Crippen LogP contribution in [0.2, 0.25) is 0 Å². The number of nitrogens with one attached hydrogen (secondary N) is 1. The number of ether oxygens (including phenoxy) is 1. The summed E-state index contributed by atoms with van der Waals surface area (Å²) in [5.74, 6) is 0.548. The Labute approximate surface area is 154 Å². The van der Waals surface area contributed by atoms with Crippen molar-refractivity contribution in [3.8, 4) is 5.75 Å². The molecule has 0 aliphatic rings. The van der Waals surface area contributed by atoms with Crippen molar-refractivity contribution in [3.63, 3.8) is 0 Å². The highest BCUT2D eigenvalue weighted by atomic mass is 32.2. The van der Waals surface area contributed by atoms with Crippen LogP contribution in [0, 0.1) is 6.92 Å². The lowest BCUT2D eigenvalue weighted by Gasteiger charge is -2.24. The number of hydrogen-bond acceptors (Lipinski definition) is 5. The quantitative estimate of drug-likeness (QED) is 0.731. The average molecular weight is 399 g/mol. The van der Waals surface area contributed by atoms with Gasteiger partial charge in [0.15, 0.2) is 0 Å². The third-order valence-electron chi connectivity index (χ3n) is 3.76. The molecule has 0 aromatic heterocycles. The van der Waals surface area contributed by atoms with Crippen molar-refractivity contribution >= 4 is 25.7 Å². The lowest BCUT2D eigenvalue weighted by atomic mass is 10.2. The first-order chi connectivity index (χ1) is 12.1. The SMILES string of the molecule is COc1ccc(S(=O)(=O)NCCN(c2ccccc2C)S(C)(=O)=O)cc1. The van der Waals surface area contributed by atoms with Crippen molar-refractivity contribution in [3.05, 3.63) is 54.1 Å². The summed E-state index contributed by atoms with van der Waals surface area (Å²) >= 11 is 0. The topological polar surface area (TPSA) is 92.8 Å². The zero-order chi connectivity index (χ0) is 19.4. The molecule has 2 aromatic rings. The Bertz CT molecular complexity index is 955. The van der Waals surface area contributed by atoms with Gasteiger partial charge >= 0.3 is 0 Å². The molecular weight excluding hydrogens is 376 g/mol. The first-order valence-electron chi connectivity index (χ1n) is 7.82. The molecule has 1 N–H and O–H groups in total. The van der Waals surface area contributed by atoms with Crippen molar-refractivity contribution < 1.29 is 21.6 Å². The summed E-state index contributed by atoms with van der Waals surface area (Å²) in [6.07, 6.45) is 1.09. The maximum absolute atomic E-state index is 12.3. The molecule has 2 aromatic carbocycles. The van der Waals surface area contributed by atoms with Crippen LogP contribution in [-0.2, 0) is 20.0 Å². The maximum atomic E-state index is 12.3. The normalized spacial score (nSPS) is 12.0. The largest absolute Gasteiger partial charge is 0.497 e. The van der Waals surface area contributed by atoms with Crippen molar-refractivity contribution in [1.82, 2.24) is 4.72 Å². The van der Waals surface area contributed by atoms with Crippen LogP contribution in [0.3, 0.4) is 0 Å². The second-order valence-corrected chi connectivity index (χ2v) is 9.37. The van der Waals surface area contributed by atoms with Gasteiger partial charge < -0.3 is 4.74 Å². The molecule has 0 heterocycles. The zero-order valence-corrected chi connectivity index (χ0v) is 16.5. The predicted octanol–water partition coefficient (Wildman–Crippen LogP) is 1.75. The van der Waals surface area contributed by atoms with E-state index in [4.69, 9.17) is 4.74 Å². The summed E-state index contributed by atoms with van der Waals surface area (Å²) in [5.41, 5.74) is 1.31. The first-order valence-corrected chi connectivity index (χ1v) is 11.2. The predicted molar refractivity (Wildman–Crippen MR) is 102 cm³/mol. The molecule has 26 heavy (non-hydrogen) atoms. The molecule has 0 radical (unpaired) electrons. The molecule has 0 bridgehead atoms. The second-order valence-electron chi connectivity index (χ2n) is 5.69. The van der Waals surface area contributed by atoms with E-state index in [0.717, 1.165) is 11.8 Å². The number of rotatable bonds is 8. The first kappa shape index (κ1) is 20.2. The van der Waals surface area contributed by atoms with Crippen molar-refractivity contribution in [2.45, 2.75) is 11.8 Å². The molecule has 9 heteroatoms. The van der Waals surface area contributed by atoms with Gasteiger partial charge in [-0.3, -0.25) is 4.31 Å².